The first-order valence-electron chi connectivity index (χ1n) is 7.29. The van der Waals surface area contributed by atoms with Crippen LogP contribution in [0.4, 0.5) is 0 Å². The zero-order chi connectivity index (χ0) is 13.1. The maximum atomic E-state index is 6.36. The highest BCUT2D eigenvalue weighted by Gasteiger charge is 2.26. The predicted molar refractivity (Wildman–Crippen MR) is 71.7 cm³/mol. The fourth-order valence-corrected chi connectivity index (χ4v) is 3.03. The number of nitrogens with zero attached hydrogens (tertiary/aromatic N) is 2. The number of hydrogen-bond donors (Lipinski definition) is 1. The van der Waals surface area contributed by atoms with Gasteiger partial charge in [-0.15, -0.1) is 0 Å². The van der Waals surface area contributed by atoms with Crippen LogP contribution in [-0.4, -0.2) is 35.5 Å². The van der Waals surface area contributed by atoms with Gasteiger partial charge in [-0.2, -0.15) is 0 Å². The summed E-state index contributed by atoms with van der Waals surface area (Å²) in [6, 6.07) is 0.0366. The Labute approximate surface area is 114 Å². The number of nitrogens with two attached hydrogens (primary N) is 1. The van der Waals surface area contributed by atoms with E-state index >= 15 is 0 Å². The smallest absolute Gasteiger partial charge is 0.0948 e. The van der Waals surface area contributed by atoms with Gasteiger partial charge < -0.3 is 19.8 Å². The summed E-state index contributed by atoms with van der Waals surface area (Å²) >= 11 is 0. The van der Waals surface area contributed by atoms with Gasteiger partial charge in [0.2, 0.25) is 0 Å². The summed E-state index contributed by atoms with van der Waals surface area (Å²) in [7, 11) is 0. The lowest BCUT2D eigenvalue weighted by Gasteiger charge is -2.20. The molecule has 2 fully saturated rings. The van der Waals surface area contributed by atoms with E-state index in [1.807, 2.05) is 12.5 Å². The zero-order valence-electron chi connectivity index (χ0n) is 11.3. The lowest BCUT2D eigenvalue weighted by molar-refractivity contribution is 0.0999. The number of hydrogen-bond acceptors (Lipinski definition) is 4. The summed E-state index contributed by atoms with van der Waals surface area (Å²) in [6.45, 7) is 3.47. The summed E-state index contributed by atoms with van der Waals surface area (Å²) in [5, 5.41) is 0. The largest absolute Gasteiger partial charge is 0.381 e. The van der Waals surface area contributed by atoms with Crippen LogP contribution in [0.5, 0.6) is 0 Å². The quantitative estimate of drug-likeness (QED) is 0.876. The minimum absolute atomic E-state index is 0.0366. The Morgan fingerprint density at radius 1 is 1.42 bits per heavy atom. The summed E-state index contributed by atoms with van der Waals surface area (Å²) < 4.78 is 13.3. The first kappa shape index (κ1) is 13.1. The molecule has 1 aromatic heterocycles. The molecule has 2 aliphatic heterocycles. The molecule has 2 N–H and O–H groups in total. The second-order valence-corrected chi connectivity index (χ2v) is 5.59. The third-order valence-corrected chi connectivity index (χ3v) is 4.27. The van der Waals surface area contributed by atoms with E-state index < -0.39 is 0 Å². The van der Waals surface area contributed by atoms with Crippen molar-refractivity contribution in [2.45, 2.75) is 44.4 Å². The standard InChI is InChI=1S/C14H23N3O2/c15-14(11-4-7-18-9-11)13-8-16-10-17(13)5-3-12-2-1-6-19-12/h8,10-12,14H,1-7,9,15H2. The Morgan fingerprint density at radius 3 is 3.11 bits per heavy atom. The number of rotatable bonds is 5. The molecule has 5 heteroatoms. The van der Waals surface area contributed by atoms with Crippen LogP contribution in [-0.2, 0) is 16.0 Å². The maximum absolute atomic E-state index is 6.36. The van der Waals surface area contributed by atoms with Crippen LogP contribution in [0, 0.1) is 5.92 Å². The van der Waals surface area contributed by atoms with E-state index in [-0.39, 0.29) is 6.04 Å². The van der Waals surface area contributed by atoms with Crippen molar-refractivity contribution in [1.82, 2.24) is 9.55 Å². The minimum Gasteiger partial charge on any atom is -0.381 e. The number of imidazole rings is 1. The van der Waals surface area contributed by atoms with E-state index in [9.17, 15) is 0 Å². The Bertz CT molecular complexity index is 395. The lowest BCUT2D eigenvalue weighted by atomic mass is 9.97. The molecule has 0 radical (unpaired) electrons. The predicted octanol–water partition coefficient (Wildman–Crippen LogP) is 1.49. The van der Waals surface area contributed by atoms with Crippen LogP contribution in [0.25, 0.3) is 0 Å². The van der Waals surface area contributed by atoms with E-state index in [1.54, 1.807) is 0 Å². The molecule has 0 aliphatic carbocycles. The zero-order valence-corrected chi connectivity index (χ0v) is 11.3. The molecule has 0 saturated carbocycles. The third kappa shape index (κ3) is 2.99. The second kappa shape index (κ2) is 6.03. The van der Waals surface area contributed by atoms with Crippen LogP contribution in [0.2, 0.25) is 0 Å². The molecule has 3 unspecified atom stereocenters. The maximum Gasteiger partial charge on any atom is 0.0948 e. The Hall–Kier alpha value is -0.910. The van der Waals surface area contributed by atoms with Gasteiger partial charge in [0, 0.05) is 31.9 Å². The highest BCUT2D eigenvalue weighted by atomic mass is 16.5. The van der Waals surface area contributed by atoms with E-state index in [0.29, 0.717) is 12.0 Å². The molecule has 5 nitrogen and oxygen atoms in total. The van der Waals surface area contributed by atoms with E-state index in [0.717, 1.165) is 44.9 Å². The molecule has 106 valence electrons. The number of aromatic nitrogens is 2. The molecule has 0 bridgehead atoms. The Balaban J connectivity index is 1.60. The fraction of sp³-hybridized carbons (Fsp3) is 0.786. The van der Waals surface area contributed by atoms with Gasteiger partial charge in [-0.1, -0.05) is 0 Å². The van der Waals surface area contributed by atoms with Gasteiger partial charge in [0.15, 0.2) is 0 Å². The first-order chi connectivity index (χ1) is 9.34. The normalized spacial score (nSPS) is 28.9. The van der Waals surface area contributed by atoms with Gasteiger partial charge in [-0.05, 0) is 25.7 Å². The van der Waals surface area contributed by atoms with Gasteiger partial charge in [0.1, 0.15) is 0 Å². The van der Waals surface area contributed by atoms with Crippen LogP contribution in [0.3, 0.4) is 0 Å². The lowest BCUT2D eigenvalue weighted by Crippen LogP contribution is -2.25. The van der Waals surface area contributed by atoms with Gasteiger partial charge in [-0.25, -0.2) is 4.98 Å². The molecule has 3 atom stereocenters. The van der Waals surface area contributed by atoms with Gasteiger partial charge in [-0.3, -0.25) is 0 Å². The Kier molecular flexibility index (Phi) is 4.15. The molecule has 0 aromatic carbocycles. The van der Waals surface area contributed by atoms with Gasteiger partial charge in [0.05, 0.1) is 30.8 Å². The molecule has 3 heterocycles. The highest BCUT2D eigenvalue weighted by molar-refractivity contribution is 5.07. The first-order valence-corrected chi connectivity index (χ1v) is 7.29. The SMILES string of the molecule is NC(c1cncn1CCC1CCCO1)C1CCOC1. The van der Waals surface area contributed by atoms with Gasteiger partial charge >= 0.3 is 0 Å². The van der Waals surface area contributed by atoms with Crippen LogP contribution in [0.1, 0.15) is 37.4 Å². The number of aryl methyl sites for hydroxylation is 1. The van der Waals surface area contributed by atoms with E-state index in [4.69, 9.17) is 15.2 Å². The fourth-order valence-electron chi connectivity index (χ4n) is 3.03. The summed E-state index contributed by atoms with van der Waals surface area (Å²) in [5.41, 5.74) is 7.49. The van der Waals surface area contributed by atoms with Gasteiger partial charge in [0.25, 0.3) is 0 Å². The monoisotopic (exact) mass is 265 g/mol. The summed E-state index contributed by atoms with van der Waals surface area (Å²) in [6.07, 6.45) is 8.70. The van der Waals surface area contributed by atoms with Crippen molar-refractivity contribution in [3.63, 3.8) is 0 Å². The summed E-state index contributed by atoms with van der Waals surface area (Å²) in [4.78, 5) is 4.26. The average Bonchev–Trinajstić information content (AvgIpc) is 3.16. The molecular weight excluding hydrogens is 242 g/mol. The molecule has 0 spiro atoms. The van der Waals surface area contributed by atoms with Crippen molar-refractivity contribution >= 4 is 0 Å². The van der Waals surface area contributed by atoms with Crippen molar-refractivity contribution in [2.24, 2.45) is 11.7 Å². The van der Waals surface area contributed by atoms with Crippen molar-refractivity contribution in [2.75, 3.05) is 19.8 Å². The topological polar surface area (TPSA) is 62.3 Å². The van der Waals surface area contributed by atoms with Crippen molar-refractivity contribution in [3.8, 4) is 0 Å². The van der Waals surface area contributed by atoms with Crippen LogP contribution >= 0.6 is 0 Å². The van der Waals surface area contributed by atoms with E-state index in [2.05, 4.69) is 9.55 Å². The van der Waals surface area contributed by atoms with Crippen LogP contribution in [0.15, 0.2) is 12.5 Å². The average molecular weight is 265 g/mol. The molecule has 1 aromatic rings. The minimum atomic E-state index is 0.0366. The molecule has 2 saturated heterocycles. The van der Waals surface area contributed by atoms with Crippen molar-refractivity contribution in [1.29, 1.82) is 0 Å². The van der Waals surface area contributed by atoms with Crippen molar-refractivity contribution in [3.05, 3.63) is 18.2 Å². The molecule has 2 aliphatic rings. The Morgan fingerprint density at radius 2 is 2.37 bits per heavy atom. The molecule has 19 heavy (non-hydrogen) atoms. The van der Waals surface area contributed by atoms with E-state index in [1.165, 1.54) is 12.8 Å². The summed E-state index contributed by atoms with van der Waals surface area (Å²) in [5.74, 6) is 0.429. The number of ether oxygens (including phenoxy) is 2. The second-order valence-electron chi connectivity index (χ2n) is 5.59. The third-order valence-electron chi connectivity index (χ3n) is 4.27. The molecule has 3 rings (SSSR count). The highest BCUT2D eigenvalue weighted by Crippen LogP contribution is 2.27. The molecular formula is C14H23N3O2. The molecule has 0 amide bonds. The van der Waals surface area contributed by atoms with Crippen molar-refractivity contribution < 1.29 is 9.47 Å². The van der Waals surface area contributed by atoms with Crippen LogP contribution < -0.4 is 5.73 Å².